The summed E-state index contributed by atoms with van der Waals surface area (Å²) in [6.07, 6.45) is 3.94. The maximum absolute atomic E-state index is 10.8. The molecular weight excluding hydrogens is 347 g/mol. The molecule has 27 heavy (non-hydrogen) atoms. The van der Waals surface area contributed by atoms with Gasteiger partial charge >= 0.3 is 29.6 Å². The summed E-state index contributed by atoms with van der Waals surface area (Å²) in [6.45, 7) is 0. The molecule has 0 spiro atoms. The molecule has 3 nitrogen and oxygen atoms in total. The topological polar surface area (TPSA) is 53.3 Å². The number of para-hydroxylation sites is 1. The van der Waals surface area contributed by atoms with E-state index < -0.39 is 5.97 Å². The molecule has 0 N–H and O–H groups in total. The molecule has 1 heterocycles. The number of aromatic carboxylic acids is 1. The van der Waals surface area contributed by atoms with Crippen molar-refractivity contribution in [2.24, 2.45) is 0 Å². The van der Waals surface area contributed by atoms with Gasteiger partial charge < -0.3 is 14.3 Å². The number of benzene rings is 3. The first kappa shape index (κ1) is 19.2. The molecule has 0 atom stereocenters. The van der Waals surface area contributed by atoms with E-state index >= 15 is 0 Å². The first-order valence-electron chi connectivity index (χ1n) is 8.28. The predicted molar refractivity (Wildman–Crippen MR) is 101 cm³/mol. The van der Waals surface area contributed by atoms with E-state index in [4.69, 9.17) is 4.42 Å². The van der Waals surface area contributed by atoms with Crippen LogP contribution in [0.4, 0.5) is 0 Å². The average Bonchev–Trinajstić information content (AvgIpc) is 3.11. The van der Waals surface area contributed by atoms with Crippen LogP contribution < -0.4 is 34.7 Å². The number of carbonyl (C=O) groups excluding carboxylic acids is 1. The molecule has 126 valence electrons. The molecule has 4 heteroatoms. The SMILES string of the molecule is O=C([O-])c1ccc(/C=C/c2ccccc2-c2cc3ccccc3o2)cc1.[Na+]. The van der Waals surface area contributed by atoms with Crippen molar-refractivity contribution in [3.8, 4) is 11.3 Å². The van der Waals surface area contributed by atoms with Gasteiger partial charge in [0.05, 0.1) is 5.97 Å². The molecule has 0 saturated heterocycles. The molecule has 0 saturated carbocycles. The number of carbonyl (C=O) groups is 1. The number of hydrogen-bond donors (Lipinski definition) is 0. The Morgan fingerprint density at radius 3 is 2.30 bits per heavy atom. The quantitative estimate of drug-likeness (QED) is 0.410. The summed E-state index contributed by atoms with van der Waals surface area (Å²) < 4.78 is 5.98. The Balaban J connectivity index is 0.00000210. The molecular formula is C23H15NaO3. The van der Waals surface area contributed by atoms with Crippen LogP contribution in [0.3, 0.4) is 0 Å². The van der Waals surface area contributed by atoms with E-state index in [1.165, 1.54) is 0 Å². The van der Waals surface area contributed by atoms with Gasteiger partial charge in [0.1, 0.15) is 11.3 Å². The Morgan fingerprint density at radius 2 is 1.56 bits per heavy atom. The summed E-state index contributed by atoms with van der Waals surface area (Å²) >= 11 is 0. The van der Waals surface area contributed by atoms with Crippen LogP contribution in [0.1, 0.15) is 21.5 Å². The minimum atomic E-state index is -1.17. The average molecular weight is 362 g/mol. The zero-order valence-electron chi connectivity index (χ0n) is 14.9. The number of carboxylic acid groups (broad SMARTS) is 1. The molecule has 0 aliphatic heterocycles. The van der Waals surface area contributed by atoms with E-state index in [0.717, 1.165) is 33.4 Å². The molecule has 0 aliphatic carbocycles. The fourth-order valence-electron chi connectivity index (χ4n) is 2.90. The van der Waals surface area contributed by atoms with E-state index in [-0.39, 0.29) is 35.1 Å². The van der Waals surface area contributed by atoms with Crippen molar-refractivity contribution < 1.29 is 43.9 Å². The summed E-state index contributed by atoms with van der Waals surface area (Å²) in [5.74, 6) is -0.352. The molecule has 0 bridgehead atoms. The number of furan rings is 1. The number of fused-ring (bicyclic) bond motifs is 1. The van der Waals surface area contributed by atoms with Crippen LogP contribution in [-0.4, -0.2) is 5.97 Å². The smallest absolute Gasteiger partial charge is 0.545 e. The molecule has 0 radical (unpaired) electrons. The predicted octanol–water partition coefficient (Wildman–Crippen LogP) is 1.64. The first-order chi connectivity index (χ1) is 12.7. The van der Waals surface area contributed by atoms with Gasteiger partial charge in [-0.1, -0.05) is 78.9 Å². The van der Waals surface area contributed by atoms with Crippen LogP contribution >= 0.6 is 0 Å². The Labute approximate surface area is 179 Å². The van der Waals surface area contributed by atoms with Gasteiger partial charge in [-0.05, 0) is 28.8 Å². The van der Waals surface area contributed by atoms with Crippen molar-refractivity contribution in [3.63, 3.8) is 0 Å². The van der Waals surface area contributed by atoms with Gasteiger partial charge in [0.15, 0.2) is 0 Å². The zero-order chi connectivity index (χ0) is 17.9. The van der Waals surface area contributed by atoms with Crippen molar-refractivity contribution in [3.05, 3.63) is 95.6 Å². The maximum Gasteiger partial charge on any atom is 1.00 e. The standard InChI is InChI=1S/C23H16O3.Na/c24-23(25)18-13-10-16(11-14-18)9-12-17-5-1-3-7-20(17)22-15-19-6-2-4-8-21(19)26-22;/h1-15H,(H,24,25);/q;+1/p-1/b12-9+;. The fraction of sp³-hybridized carbons (Fsp3) is 0. The maximum atomic E-state index is 10.8. The summed E-state index contributed by atoms with van der Waals surface area (Å²) in [6, 6.07) is 24.6. The largest absolute Gasteiger partial charge is 1.00 e. The van der Waals surface area contributed by atoms with Crippen molar-refractivity contribution in [2.75, 3.05) is 0 Å². The summed E-state index contributed by atoms with van der Waals surface area (Å²) in [5, 5.41) is 11.9. The van der Waals surface area contributed by atoms with Crippen molar-refractivity contribution in [1.82, 2.24) is 0 Å². The van der Waals surface area contributed by atoms with Crippen LogP contribution in [-0.2, 0) is 0 Å². The van der Waals surface area contributed by atoms with Gasteiger partial charge in [-0.3, -0.25) is 0 Å². The minimum Gasteiger partial charge on any atom is -0.545 e. The molecule has 0 amide bonds. The second-order valence-corrected chi connectivity index (χ2v) is 5.98. The Hall–Kier alpha value is -2.59. The van der Waals surface area contributed by atoms with Gasteiger partial charge in [-0.2, -0.15) is 0 Å². The fourth-order valence-corrected chi connectivity index (χ4v) is 2.90. The number of carboxylic acids is 1. The van der Waals surface area contributed by atoms with Gasteiger partial charge in [0.25, 0.3) is 0 Å². The minimum absolute atomic E-state index is 0. The Bertz CT molecular complexity index is 1070. The summed E-state index contributed by atoms with van der Waals surface area (Å²) in [5.41, 5.74) is 3.97. The van der Waals surface area contributed by atoms with E-state index in [1.54, 1.807) is 24.3 Å². The molecule has 0 aliphatic rings. The van der Waals surface area contributed by atoms with Gasteiger partial charge in [-0.25, -0.2) is 0 Å². The van der Waals surface area contributed by atoms with E-state index in [1.807, 2.05) is 66.7 Å². The third kappa shape index (κ3) is 4.22. The third-order valence-corrected chi connectivity index (χ3v) is 4.25. The second kappa shape index (κ2) is 8.40. The van der Waals surface area contributed by atoms with Crippen LogP contribution in [0.5, 0.6) is 0 Å². The van der Waals surface area contributed by atoms with Crippen molar-refractivity contribution in [1.29, 1.82) is 0 Å². The van der Waals surface area contributed by atoms with Gasteiger partial charge in [0, 0.05) is 10.9 Å². The normalized spacial score (nSPS) is 10.8. The monoisotopic (exact) mass is 362 g/mol. The number of rotatable bonds is 4. The second-order valence-electron chi connectivity index (χ2n) is 5.98. The molecule has 4 aromatic rings. The summed E-state index contributed by atoms with van der Waals surface area (Å²) in [4.78, 5) is 10.8. The summed E-state index contributed by atoms with van der Waals surface area (Å²) in [7, 11) is 0. The van der Waals surface area contributed by atoms with Crippen LogP contribution in [0.2, 0.25) is 0 Å². The van der Waals surface area contributed by atoms with Gasteiger partial charge in [0.2, 0.25) is 0 Å². The van der Waals surface area contributed by atoms with Gasteiger partial charge in [-0.15, -0.1) is 0 Å². The Kier molecular flexibility index (Phi) is 5.97. The molecule has 4 rings (SSSR count). The van der Waals surface area contributed by atoms with Crippen LogP contribution in [0.25, 0.3) is 34.4 Å². The number of hydrogen-bond acceptors (Lipinski definition) is 3. The Morgan fingerprint density at radius 1 is 0.852 bits per heavy atom. The molecule has 1 aromatic heterocycles. The molecule has 3 aromatic carbocycles. The molecule has 0 unspecified atom stereocenters. The van der Waals surface area contributed by atoms with Crippen LogP contribution in [0.15, 0.2) is 83.3 Å². The van der Waals surface area contributed by atoms with Crippen molar-refractivity contribution in [2.45, 2.75) is 0 Å². The van der Waals surface area contributed by atoms with Crippen molar-refractivity contribution >= 4 is 29.1 Å². The van der Waals surface area contributed by atoms with Crippen LogP contribution in [0, 0.1) is 0 Å². The van der Waals surface area contributed by atoms with E-state index in [9.17, 15) is 9.90 Å². The van der Waals surface area contributed by atoms with E-state index in [0.29, 0.717) is 0 Å². The first-order valence-corrected chi connectivity index (χ1v) is 8.28. The third-order valence-electron chi connectivity index (χ3n) is 4.25. The zero-order valence-corrected chi connectivity index (χ0v) is 16.9. The molecule has 0 fully saturated rings. The van der Waals surface area contributed by atoms with E-state index in [2.05, 4.69) is 0 Å².